The lowest BCUT2D eigenvalue weighted by molar-refractivity contribution is 0.110. The number of carbonyl (C=O) groups excluding carboxylic acids is 1. The van der Waals surface area contributed by atoms with Gasteiger partial charge in [-0.15, -0.1) is 0 Å². The van der Waals surface area contributed by atoms with E-state index in [9.17, 15) is 13.6 Å². The number of benzene rings is 1. The van der Waals surface area contributed by atoms with Gasteiger partial charge in [-0.25, -0.2) is 8.78 Å². The van der Waals surface area contributed by atoms with Crippen molar-refractivity contribution in [2.75, 3.05) is 0 Å². The van der Waals surface area contributed by atoms with Crippen LogP contribution < -0.4 is 0 Å². The molecule has 0 fully saturated rings. The van der Waals surface area contributed by atoms with E-state index in [1.54, 1.807) is 13.0 Å². The summed E-state index contributed by atoms with van der Waals surface area (Å²) < 4.78 is 24.5. The van der Waals surface area contributed by atoms with Crippen LogP contribution in [0.15, 0.2) is 18.2 Å². The van der Waals surface area contributed by atoms with Gasteiger partial charge in [0, 0.05) is 11.1 Å². The number of carbonyl (C=O) groups is 1. The van der Waals surface area contributed by atoms with Crippen LogP contribution in [0.1, 0.15) is 27.9 Å². The molecule has 1 aromatic rings. The molecular formula is C9H8F2O. The molecule has 1 nitrogen and oxygen atoms in total. The molecular weight excluding hydrogens is 162 g/mol. The third kappa shape index (κ3) is 1.49. The molecule has 0 spiro atoms. The van der Waals surface area contributed by atoms with Crippen molar-refractivity contribution in [3.63, 3.8) is 0 Å². The number of hydrogen-bond donors (Lipinski definition) is 0. The highest BCUT2D eigenvalue weighted by molar-refractivity contribution is 5.79. The second-order valence-corrected chi connectivity index (χ2v) is 2.50. The van der Waals surface area contributed by atoms with Gasteiger partial charge in [0.25, 0.3) is 6.43 Å². The normalized spacial score (nSPS) is 10.3. The zero-order valence-electron chi connectivity index (χ0n) is 6.55. The Morgan fingerprint density at radius 2 is 2.08 bits per heavy atom. The monoisotopic (exact) mass is 170 g/mol. The van der Waals surface area contributed by atoms with Crippen molar-refractivity contribution < 1.29 is 13.6 Å². The molecule has 3 heteroatoms. The number of halogens is 2. The van der Waals surface area contributed by atoms with E-state index in [4.69, 9.17) is 0 Å². The van der Waals surface area contributed by atoms with E-state index in [0.29, 0.717) is 11.8 Å². The van der Waals surface area contributed by atoms with Crippen LogP contribution in [0, 0.1) is 6.92 Å². The average molecular weight is 170 g/mol. The minimum atomic E-state index is -2.58. The molecule has 0 saturated heterocycles. The number of aryl methyl sites for hydroxylation is 1. The Bertz CT molecular complexity index is 295. The van der Waals surface area contributed by atoms with Crippen molar-refractivity contribution in [2.24, 2.45) is 0 Å². The van der Waals surface area contributed by atoms with Gasteiger partial charge in [0.2, 0.25) is 0 Å². The summed E-state index contributed by atoms with van der Waals surface area (Å²) in [7, 11) is 0. The maximum atomic E-state index is 12.2. The summed E-state index contributed by atoms with van der Waals surface area (Å²) in [4.78, 5) is 10.4. The molecule has 0 amide bonds. The number of alkyl halides is 2. The van der Waals surface area contributed by atoms with Gasteiger partial charge in [-0.1, -0.05) is 18.2 Å². The van der Waals surface area contributed by atoms with Crippen LogP contribution in [0.25, 0.3) is 0 Å². The lowest BCUT2D eigenvalue weighted by atomic mass is 10.0. The molecule has 0 aliphatic rings. The maximum Gasteiger partial charge on any atom is 0.264 e. The number of hydrogen-bond acceptors (Lipinski definition) is 1. The highest BCUT2D eigenvalue weighted by Gasteiger charge is 2.12. The highest BCUT2D eigenvalue weighted by Crippen LogP contribution is 2.23. The topological polar surface area (TPSA) is 17.1 Å². The Morgan fingerprint density at radius 3 is 2.50 bits per heavy atom. The molecule has 0 aliphatic carbocycles. The second-order valence-electron chi connectivity index (χ2n) is 2.50. The van der Waals surface area contributed by atoms with Crippen LogP contribution in [-0.4, -0.2) is 6.29 Å². The van der Waals surface area contributed by atoms with Crippen molar-refractivity contribution in [1.29, 1.82) is 0 Å². The van der Waals surface area contributed by atoms with Gasteiger partial charge in [-0.05, 0) is 12.5 Å². The van der Waals surface area contributed by atoms with E-state index < -0.39 is 6.43 Å². The summed E-state index contributed by atoms with van der Waals surface area (Å²) in [6.07, 6.45) is -2.11. The zero-order valence-corrected chi connectivity index (χ0v) is 6.55. The van der Waals surface area contributed by atoms with E-state index >= 15 is 0 Å². The molecule has 0 unspecified atom stereocenters. The van der Waals surface area contributed by atoms with Gasteiger partial charge >= 0.3 is 0 Å². The standard InChI is InChI=1S/C9H8F2O/c1-6-3-2-4-7(9(10)11)8(6)5-12/h2-5,9H,1H3. The van der Waals surface area contributed by atoms with Crippen LogP contribution >= 0.6 is 0 Å². The quantitative estimate of drug-likeness (QED) is 0.623. The summed E-state index contributed by atoms with van der Waals surface area (Å²) in [6, 6.07) is 4.42. The molecule has 0 bridgehead atoms. The molecule has 0 saturated carbocycles. The Hall–Kier alpha value is -1.25. The fraction of sp³-hybridized carbons (Fsp3) is 0.222. The first kappa shape index (κ1) is 8.84. The Morgan fingerprint density at radius 1 is 1.42 bits per heavy atom. The molecule has 0 aromatic heterocycles. The number of aldehydes is 1. The zero-order chi connectivity index (χ0) is 9.14. The van der Waals surface area contributed by atoms with Crippen LogP contribution in [-0.2, 0) is 0 Å². The van der Waals surface area contributed by atoms with Gasteiger partial charge in [0.05, 0.1) is 0 Å². The molecule has 0 heterocycles. The Kier molecular flexibility index (Phi) is 2.53. The third-order valence-electron chi connectivity index (χ3n) is 1.71. The van der Waals surface area contributed by atoms with Crippen molar-refractivity contribution in [3.8, 4) is 0 Å². The van der Waals surface area contributed by atoms with E-state index in [1.165, 1.54) is 12.1 Å². The minimum Gasteiger partial charge on any atom is -0.298 e. The molecule has 1 aromatic carbocycles. The van der Waals surface area contributed by atoms with Crippen LogP contribution in [0.5, 0.6) is 0 Å². The first-order chi connectivity index (χ1) is 5.66. The summed E-state index contributed by atoms with van der Waals surface area (Å²) in [5.74, 6) is 0. The van der Waals surface area contributed by atoms with Crippen molar-refractivity contribution >= 4 is 6.29 Å². The third-order valence-corrected chi connectivity index (χ3v) is 1.71. The predicted molar refractivity (Wildman–Crippen MR) is 41.5 cm³/mol. The summed E-state index contributed by atoms with van der Waals surface area (Å²) >= 11 is 0. The molecule has 0 aliphatic heterocycles. The molecule has 12 heavy (non-hydrogen) atoms. The molecule has 0 atom stereocenters. The van der Waals surface area contributed by atoms with Gasteiger partial charge in [0.1, 0.15) is 0 Å². The first-order valence-corrected chi connectivity index (χ1v) is 3.49. The second kappa shape index (κ2) is 3.43. The average Bonchev–Trinajstić information content (AvgIpc) is 2.03. The Balaban J connectivity index is 3.27. The highest BCUT2D eigenvalue weighted by atomic mass is 19.3. The number of rotatable bonds is 2. The lowest BCUT2D eigenvalue weighted by Crippen LogP contribution is -1.95. The maximum absolute atomic E-state index is 12.2. The molecule has 1 rings (SSSR count). The van der Waals surface area contributed by atoms with Crippen molar-refractivity contribution in [1.82, 2.24) is 0 Å². The largest absolute Gasteiger partial charge is 0.298 e. The van der Waals surface area contributed by atoms with Crippen LogP contribution in [0.2, 0.25) is 0 Å². The Labute approximate surface area is 69.0 Å². The van der Waals surface area contributed by atoms with E-state index in [2.05, 4.69) is 0 Å². The van der Waals surface area contributed by atoms with Gasteiger partial charge in [0.15, 0.2) is 6.29 Å². The van der Waals surface area contributed by atoms with E-state index in [1.807, 2.05) is 0 Å². The molecule has 0 N–H and O–H groups in total. The van der Waals surface area contributed by atoms with Crippen molar-refractivity contribution in [3.05, 3.63) is 34.9 Å². The minimum absolute atomic E-state index is 0.104. The SMILES string of the molecule is Cc1cccc(C(F)F)c1C=O. The summed E-state index contributed by atoms with van der Waals surface area (Å²) in [5.41, 5.74) is 0.500. The summed E-state index contributed by atoms with van der Waals surface area (Å²) in [5, 5.41) is 0. The van der Waals surface area contributed by atoms with Gasteiger partial charge in [-0.3, -0.25) is 4.79 Å². The van der Waals surface area contributed by atoms with Crippen LogP contribution in [0.4, 0.5) is 8.78 Å². The summed E-state index contributed by atoms with van der Waals surface area (Å²) in [6.45, 7) is 1.63. The van der Waals surface area contributed by atoms with Gasteiger partial charge < -0.3 is 0 Å². The molecule has 64 valence electrons. The lowest BCUT2D eigenvalue weighted by Gasteiger charge is -2.04. The van der Waals surface area contributed by atoms with Crippen LogP contribution in [0.3, 0.4) is 0 Å². The molecule has 0 radical (unpaired) electrons. The first-order valence-electron chi connectivity index (χ1n) is 3.49. The van der Waals surface area contributed by atoms with Gasteiger partial charge in [-0.2, -0.15) is 0 Å². The fourth-order valence-electron chi connectivity index (χ4n) is 1.05. The fourth-order valence-corrected chi connectivity index (χ4v) is 1.05. The predicted octanol–water partition coefficient (Wildman–Crippen LogP) is 2.75. The van der Waals surface area contributed by atoms with E-state index in [0.717, 1.165) is 0 Å². The smallest absolute Gasteiger partial charge is 0.264 e. The van der Waals surface area contributed by atoms with Crippen molar-refractivity contribution in [2.45, 2.75) is 13.3 Å². The van der Waals surface area contributed by atoms with E-state index in [-0.39, 0.29) is 11.1 Å².